The Bertz CT molecular complexity index is 441. The molecule has 1 fully saturated rings. The van der Waals surface area contributed by atoms with Crippen molar-refractivity contribution >= 4 is 23.2 Å². The predicted molar refractivity (Wildman–Crippen MR) is 62.6 cm³/mol. The molecule has 2 N–H and O–H groups in total. The molecule has 1 heterocycles. The van der Waals surface area contributed by atoms with E-state index in [1.165, 1.54) is 12.1 Å². The number of benzene rings is 1. The van der Waals surface area contributed by atoms with Crippen LogP contribution in [-0.2, 0) is 4.79 Å². The standard InChI is InChI=1S/C11H12ClFN2O2/c12-8-5-7(1-2-9(8)13)15-4-3-14-11(17)10(15)6-16/h1-2,5,10,16H,3-4,6H2,(H,14,17). The Morgan fingerprint density at radius 3 is 3.00 bits per heavy atom. The van der Waals surface area contributed by atoms with E-state index in [4.69, 9.17) is 11.6 Å². The summed E-state index contributed by atoms with van der Waals surface area (Å²) in [5, 5.41) is 11.9. The van der Waals surface area contributed by atoms with Crippen molar-refractivity contribution in [2.75, 3.05) is 24.6 Å². The minimum atomic E-state index is -0.648. The molecule has 1 unspecified atom stereocenters. The molecule has 0 aromatic heterocycles. The average molecular weight is 259 g/mol. The minimum absolute atomic E-state index is 0.00479. The first kappa shape index (κ1) is 12.1. The van der Waals surface area contributed by atoms with Crippen LogP contribution in [0.1, 0.15) is 0 Å². The summed E-state index contributed by atoms with van der Waals surface area (Å²) in [6.07, 6.45) is 0. The number of hydrogen-bond donors (Lipinski definition) is 2. The molecular formula is C11H12ClFN2O2. The maximum absolute atomic E-state index is 13.0. The van der Waals surface area contributed by atoms with Crippen molar-refractivity contribution in [2.24, 2.45) is 0 Å². The van der Waals surface area contributed by atoms with E-state index in [9.17, 15) is 14.3 Å². The van der Waals surface area contributed by atoms with Crippen molar-refractivity contribution in [3.05, 3.63) is 29.0 Å². The molecule has 0 radical (unpaired) electrons. The number of hydrogen-bond acceptors (Lipinski definition) is 3. The summed E-state index contributed by atoms with van der Waals surface area (Å²) in [5.74, 6) is -0.739. The highest BCUT2D eigenvalue weighted by Crippen LogP contribution is 2.24. The van der Waals surface area contributed by atoms with E-state index in [0.717, 1.165) is 0 Å². The van der Waals surface area contributed by atoms with Gasteiger partial charge in [0.25, 0.3) is 0 Å². The topological polar surface area (TPSA) is 52.6 Å². The molecule has 0 bridgehead atoms. The first-order chi connectivity index (χ1) is 8.13. The lowest BCUT2D eigenvalue weighted by molar-refractivity contribution is -0.124. The first-order valence-electron chi connectivity index (χ1n) is 5.23. The van der Waals surface area contributed by atoms with Gasteiger partial charge in [0, 0.05) is 18.8 Å². The summed E-state index contributed by atoms with van der Waals surface area (Å²) in [5.41, 5.74) is 0.630. The third-order valence-electron chi connectivity index (χ3n) is 2.74. The Kier molecular flexibility index (Phi) is 3.49. The molecule has 4 nitrogen and oxygen atoms in total. The van der Waals surface area contributed by atoms with Crippen molar-refractivity contribution in [1.29, 1.82) is 0 Å². The van der Waals surface area contributed by atoms with Gasteiger partial charge >= 0.3 is 0 Å². The highest BCUT2D eigenvalue weighted by Gasteiger charge is 2.29. The highest BCUT2D eigenvalue weighted by atomic mass is 35.5. The molecular weight excluding hydrogens is 247 g/mol. The van der Waals surface area contributed by atoms with Crippen LogP contribution in [0, 0.1) is 5.82 Å². The maximum Gasteiger partial charge on any atom is 0.245 e. The summed E-state index contributed by atoms with van der Waals surface area (Å²) in [6, 6.07) is 3.60. The number of amides is 1. The van der Waals surface area contributed by atoms with Crippen LogP contribution in [0.25, 0.3) is 0 Å². The maximum atomic E-state index is 13.0. The van der Waals surface area contributed by atoms with E-state index in [2.05, 4.69) is 5.32 Å². The smallest absolute Gasteiger partial charge is 0.245 e. The Morgan fingerprint density at radius 1 is 1.59 bits per heavy atom. The van der Waals surface area contributed by atoms with Gasteiger partial charge < -0.3 is 15.3 Å². The minimum Gasteiger partial charge on any atom is -0.394 e. The van der Waals surface area contributed by atoms with Crippen LogP contribution in [0.2, 0.25) is 5.02 Å². The summed E-state index contributed by atoms with van der Waals surface area (Å²) < 4.78 is 13.0. The van der Waals surface area contributed by atoms with Gasteiger partial charge in [-0.1, -0.05) is 11.6 Å². The van der Waals surface area contributed by atoms with Crippen LogP contribution >= 0.6 is 11.6 Å². The van der Waals surface area contributed by atoms with Crippen LogP contribution < -0.4 is 10.2 Å². The lowest BCUT2D eigenvalue weighted by Gasteiger charge is -2.35. The van der Waals surface area contributed by atoms with E-state index in [1.807, 2.05) is 0 Å². The number of aliphatic hydroxyl groups is 1. The predicted octanol–water partition coefficient (Wildman–Crippen LogP) is 0.776. The van der Waals surface area contributed by atoms with Crippen molar-refractivity contribution < 1.29 is 14.3 Å². The second-order valence-electron chi connectivity index (χ2n) is 3.78. The number of halogens is 2. The van der Waals surface area contributed by atoms with Gasteiger partial charge in [-0.25, -0.2) is 4.39 Å². The van der Waals surface area contributed by atoms with Crippen LogP contribution in [0.5, 0.6) is 0 Å². The molecule has 1 atom stereocenters. The van der Waals surface area contributed by atoms with Gasteiger partial charge in [0.1, 0.15) is 11.9 Å². The molecule has 1 saturated heterocycles. The average Bonchev–Trinajstić information content (AvgIpc) is 2.32. The Balaban J connectivity index is 2.30. The van der Waals surface area contributed by atoms with Gasteiger partial charge in [-0.15, -0.1) is 0 Å². The Morgan fingerprint density at radius 2 is 2.35 bits per heavy atom. The highest BCUT2D eigenvalue weighted by molar-refractivity contribution is 6.31. The molecule has 1 aromatic rings. The van der Waals surface area contributed by atoms with Crippen molar-refractivity contribution in [1.82, 2.24) is 5.32 Å². The third-order valence-corrected chi connectivity index (χ3v) is 3.03. The fraction of sp³-hybridized carbons (Fsp3) is 0.364. The number of nitrogens with one attached hydrogen (secondary N) is 1. The first-order valence-corrected chi connectivity index (χ1v) is 5.61. The van der Waals surface area contributed by atoms with Crippen LogP contribution in [0.4, 0.5) is 10.1 Å². The van der Waals surface area contributed by atoms with Gasteiger partial charge in [-0.2, -0.15) is 0 Å². The molecule has 1 aliphatic rings. The van der Waals surface area contributed by atoms with Gasteiger partial charge in [-0.05, 0) is 18.2 Å². The van der Waals surface area contributed by atoms with Gasteiger partial charge in [0.15, 0.2) is 0 Å². The van der Waals surface area contributed by atoms with Crippen LogP contribution in [-0.4, -0.2) is 36.8 Å². The van der Waals surface area contributed by atoms with E-state index in [1.54, 1.807) is 11.0 Å². The largest absolute Gasteiger partial charge is 0.394 e. The zero-order chi connectivity index (χ0) is 12.4. The van der Waals surface area contributed by atoms with Crippen LogP contribution in [0.15, 0.2) is 18.2 Å². The Labute approximate surface area is 103 Å². The second kappa shape index (κ2) is 4.89. The molecule has 1 aliphatic heterocycles. The van der Waals surface area contributed by atoms with Crippen molar-refractivity contribution in [3.63, 3.8) is 0 Å². The normalized spacial score (nSPS) is 20.3. The summed E-state index contributed by atoms with van der Waals surface area (Å²) >= 11 is 5.70. The number of anilines is 1. The van der Waals surface area contributed by atoms with Crippen molar-refractivity contribution in [2.45, 2.75) is 6.04 Å². The van der Waals surface area contributed by atoms with Gasteiger partial charge in [0.05, 0.1) is 11.6 Å². The molecule has 0 aliphatic carbocycles. The monoisotopic (exact) mass is 258 g/mol. The van der Waals surface area contributed by atoms with Gasteiger partial charge in [-0.3, -0.25) is 4.79 Å². The molecule has 1 amide bonds. The van der Waals surface area contributed by atoms with E-state index in [0.29, 0.717) is 18.8 Å². The molecule has 92 valence electrons. The zero-order valence-electron chi connectivity index (χ0n) is 8.99. The molecule has 6 heteroatoms. The van der Waals surface area contributed by atoms with E-state index < -0.39 is 11.9 Å². The summed E-state index contributed by atoms with van der Waals surface area (Å²) in [4.78, 5) is 13.3. The fourth-order valence-corrected chi connectivity index (χ4v) is 2.04. The number of aliphatic hydroxyl groups excluding tert-OH is 1. The van der Waals surface area contributed by atoms with Crippen LogP contribution in [0.3, 0.4) is 0 Å². The lowest BCUT2D eigenvalue weighted by atomic mass is 10.1. The van der Waals surface area contributed by atoms with E-state index in [-0.39, 0.29) is 17.5 Å². The molecule has 0 saturated carbocycles. The SMILES string of the molecule is O=C1NCCN(c2ccc(F)c(Cl)c2)C1CO. The zero-order valence-corrected chi connectivity index (χ0v) is 9.75. The molecule has 17 heavy (non-hydrogen) atoms. The Hall–Kier alpha value is -1.33. The lowest BCUT2D eigenvalue weighted by Crippen LogP contribution is -2.57. The number of rotatable bonds is 2. The fourth-order valence-electron chi connectivity index (χ4n) is 1.87. The molecule has 2 rings (SSSR count). The number of piperazine rings is 1. The number of carbonyl (C=O) groups excluding carboxylic acids is 1. The third kappa shape index (κ3) is 2.35. The quantitative estimate of drug-likeness (QED) is 0.824. The number of nitrogens with zero attached hydrogens (tertiary/aromatic N) is 1. The summed E-state index contributed by atoms with van der Waals surface area (Å²) in [6.45, 7) is 0.754. The van der Waals surface area contributed by atoms with E-state index >= 15 is 0 Å². The molecule has 1 aromatic carbocycles. The van der Waals surface area contributed by atoms with Crippen molar-refractivity contribution in [3.8, 4) is 0 Å². The number of carbonyl (C=O) groups is 1. The van der Waals surface area contributed by atoms with Gasteiger partial charge in [0.2, 0.25) is 5.91 Å². The molecule has 0 spiro atoms. The summed E-state index contributed by atoms with van der Waals surface area (Å²) in [7, 11) is 0. The second-order valence-corrected chi connectivity index (χ2v) is 4.19.